The third kappa shape index (κ3) is 3.76. The topological polar surface area (TPSA) is 40.5 Å². The van der Waals surface area contributed by atoms with Gasteiger partial charge in [0, 0.05) is 0 Å². The van der Waals surface area contributed by atoms with E-state index >= 15 is 0 Å². The molecule has 0 bridgehead atoms. The van der Waals surface area contributed by atoms with Crippen molar-refractivity contribution in [3.8, 4) is 0 Å². The summed E-state index contributed by atoms with van der Waals surface area (Å²) in [7, 11) is 0. The Hall–Kier alpha value is -0.480. The van der Waals surface area contributed by atoms with Crippen LogP contribution in [-0.2, 0) is 0 Å². The fraction of sp³-hybridized carbons (Fsp3) is 0.931. The highest BCUT2D eigenvalue weighted by atomic mass is 19.3. The average Bonchev–Trinajstić information content (AvgIpc) is 3.02. The molecule has 0 heterocycles. The minimum atomic E-state index is -2.63. The van der Waals surface area contributed by atoms with Crippen LogP contribution in [0, 0.1) is 39.4 Å². The highest BCUT2D eigenvalue weighted by Gasteiger charge is 2.63. The minimum absolute atomic E-state index is 0.0251. The van der Waals surface area contributed by atoms with Crippen molar-refractivity contribution in [3.63, 3.8) is 0 Å². The zero-order valence-electron chi connectivity index (χ0n) is 21.9. The fourth-order valence-corrected chi connectivity index (χ4v) is 9.61. The Kier molecular flexibility index (Phi) is 6.65. The van der Waals surface area contributed by atoms with E-state index in [1.165, 1.54) is 38.5 Å². The molecule has 0 amide bonds. The number of hydrogen-bond donors (Lipinski definition) is 2. The molecule has 1 unspecified atom stereocenters. The predicted octanol–water partition coefficient (Wildman–Crippen LogP) is 7.53. The monoisotopic (exact) mass is 466 g/mol. The summed E-state index contributed by atoms with van der Waals surface area (Å²) >= 11 is 0. The van der Waals surface area contributed by atoms with Crippen LogP contribution >= 0.6 is 0 Å². The van der Waals surface area contributed by atoms with Gasteiger partial charge in [-0.25, -0.2) is 8.78 Å². The van der Waals surface area contributed by atoms with Crippen LogP contribution in [-0.4, -0.2) is 28.8 Å². The summed E-state index contributed by atoms with van der Waals surface area (Å²) in [6, 6.07) is 0. The van der Waals surface area contributed by atoms with Gasteiger partial charge in [0.15, 0.2) is 0 Å². The molecule has 4 aliphatic carbocycles. The number of aliphatic hydroxyl groups is 2. The van der Waals surface area contributed by atoms with Crippen molar-refractivity contribution >= 4 is 0 Å². The molecule has 190 valence electrons. The van der Waals surface area contributed by atoms with Crippen LogP contribution in [0.2, 0.25) is 0 Å². The number of rotatable bonds is 6. The number of hydrogen-bond acceptors (Lipinski definition) is 2. The maximum Gasteiger partial charge on any atom is 0.264 e. The van der Waals surface area contributed by atoms with Crippen LogP contribution in [0.15, 0.2) is 11.1 Å². The van der Waals surface area contributed by atoms with E-state index < -0.39 is 12.5 Å². The first-order valence-electron chi connectivity index (χ1n) is 13.7. The second kappa shape index (κ2) is 8.57. The van der Waals surface area contributed by atoms with E-state index in [0.29, 0.717) is 24.2 Å². The van der Waals surface area contributed by atoms with Crippen LogP contribution < -0.4 is 0 Å². The van der Waals surface area contributed by atoms with E-state index in [0.717, 1.165) is 19.3 Å². The molecular weight excluding hydrogens is 418 g/mol. The molecule has 0 saturated heterocycles. The summed E-state index contributed by atoms with van der Waals surface area (Å²) < 4.78 is 25.4. The second-order valence-electron chi connectivity index (χ2n) is 13.5. The van der Waals surface area contributed by atoms with E-state index in [1.54, 1.807) is 11.1 Å². The molecule has 0 aromatic rings. The third-order valence-corrected chi connectivity index (χ3v) is 11.9. The van der Waals surface area contributed by atoms with Gasteiger partial charge in [-0.15, -0.1) is 0 Å². The molecule has 2 saturated carbocycles. The summed E-state index contributed by atoms with van der Waals surface area (Å²) in [5.41, 5.74) is 4.19. The first kappa shape index (κ1) is 25.6. The van der Waals surface area contributed by atoms with Crippen molar-refractivity contribution in [2.24, 2.45) is 39.4 Å². The van der Waals surface area contributed by atoms with Crippen LogP contribution in [0.25, 0.3) is 0 Å². The SMILES string of the molecule is C[C@H](CCCC(O)C(F)F)[C@H]1CC[C@@]2(C)C3=C(CC[C@]12C)[C@@]1(C)CC[C@H](O)C(C)(C)[C@@H]1CC3. The summed E-state index contributed by atoms with van der Waals surface area (Å²) in [6.07, 6.45) is 6.80. The second-order valence-corrected chi connectivity index (χ2v) is 13.5. The summed E-state index contributed by atoms with van der Waals surface area (Å²) in [4.78, 5) is 0. The number of aliphatic hydroxyl groups excluding tert-OH is 2. The minimum Gasteiger partial charge on any atom is -0.393 e. The van der Waals surface area contributed by atoms with E-state index in [-0.39, 0.29) is 34.2 Å². The van der Waals surface area contributed by atoms with Gasteiger partial charge in [-0.2, -0.15) is 0 Å². The normalized spacial score (nSPS) is 44.3. The zero-order valence-corrected chi connectivity index (χ0v) is 21.9. The van der Waals surface area contributed by atoms with Gasteiger partial charge in [0.2, 0.25) is 0 Å². The number of fused-ring (bicyclic) bond motifs is 4. The lowest BCUT2D eigenvalue weighted by atomic mass is 9.43. The summed E-state index contributed by atoms with van der Waals surface area (Å²) in [6.45, 7) is 14.5. The molecule has 4 rings (SSSR count). The van der Waals surface area contributed by atoms with E-state index in [9.17, 15) is 19.0 Å². The highest BCUT2D eigenvalue weighted by Crippen LogP contribution is 2.72. The van der Waals surface area contributed by atoms with Crippen molar-refractivity contribution in [1.29, 1.82) is 0 Å². The molecule has 2 nitrogen and oxygen atoms in total. The lowest BCUT2D eigenvalue weighted by Crippen LogP contribution is -2.55. The molecule has 0 spiro atoms. The fourth-order valence-electron chi connectivity index (χ4n) is 9.61. The Morgan fingerprint density at radius 2 is 1.61 bits per heavy atom. The molecule has 33 heavy (non-hydrogen) atoms. The average molecular weight is 467 g/mol. The van der Waals surface area contributed by atoms with E-state index in [2.05, 4.69) is 41.5 Å². The van der Waals surface area contributed by atoms with Crippen LogP contribution in [0.1, 0.15) is 112 Å². The Bertz CT molecular complexity index is 776. The van der Waals surface area contributed by atoms with Crippen LogP contribution in [0.5, 0.6) is 0 Å². The molecule has 4 aliphatic rings. The molecule has 0 radical (unpaired) electrons. The maximum absolute atomic E-state index is 12.7. The number of halogens is 2. The lowest BCUT2D eigenvalue weighted by Gasteiger charge is -2.62. The van der Waals surface area contributed by atoms with Gasteiger partial charge < -0.3 is 10.2 Å². The zero-order chi connectivity index (χ0) is 24.4. The Balaban J connectivity index is 1.56. The van der Waals surface area contributed by atoms with Gasteiger partial charge in [-0.3, -0.25) is 0 Å². The van der Waals surface area contributed by atoms with Gasteiger partial charge in [-0.05, 0) is 97.2 Å². The Morgan fingerprint density at radius 1 is 0.909 bits per heavy atom. The van der Waals surface area contributed by atoms with Crippen molar-refractivity contribution in [2.45, 2.75) is 131 Å². The summed E-state index contributed by atoms with van der Waals surface area (Å²) in [5.74, 6) is 1.67. The van der Waals surface area contributed by atoms with Crippen molar-refractivity contribution in [2.75, 3.05) is 0 Å². The third-order valence-electron chi connectivity index (χ3n) is 11.9. The molecule has 8 atom stereocenters. The Morgan fingerprint density at radius 3 is 2.27 bits per heavy atom. The molecular formula is C29H48F2O2. The van der Waals surface area contributed by atoms with Crippen LogP contribution in [0.3, 0.4) is 0 Å². The largest absolute Gasteiger partial charge is 0.393 e. The smallest absolute Gasteiger partial charge is 0.264 e. The summed E-state index contributed by atoms with van der Waals surface area (Å²) in [5, 5.41) is 20.3. The molecule has 4 heteroatoms. The van der Waals surface area contributed by atoms with E-state index in [4.69, 9.17) is 0 Å². The Labute approximate surface area is 200 Å². The molecule has 2 fully saturated rings. The highest BCUT2D eigenvalue weighted by molar-refractivity contribution is 5.38. The molecule has 0 aromatic heterocycles. The van der Waals surface area contributed by atoms with Crippen molar-refractivity contribution in [1.82, 2.24) is 0 Å². The van der Waals surface area contributed by atoms with Crippen molar-refractivity contribution in [3.05, 3.63) is 11.1 Å². The maximum atomic E-state index is 12.7. The van der Waals surface area contributed by atoms with E-state index in [1.807, 2.05) is 0 Å². The quantitative estimate of drug-likeness (QED) is 0.397. The van der Waals surface area contributed by atoms with Gasteiger partial charge >= 0.3 is 0 Å². The molecule has 2 N–H and O–H groups in total. The van der Waals surface area contributed by atoms with Gasteiger partial charge in [-0.1, -0.05) is 65.5 Å². The number of allylic oxidation sites excluding steroid dienone is 2. The van der Waals surface area contributed by atoms with Gasteiger partial charge in [0.1, 0.15) is 6.10 Å². The standard InChI is InChI=1S/C29H48F2O2/c1-18(8-7-9-22(32)25(30)31)19-12-16-29(6)21-10-11-23-26(2,3)24(33)14-15-27(23,4)20(21)13-17-28(19,29)5/h18-19,22-25,32-33H,7-17H2,1-6H3/t18-,19-,22?,23+,24+,27-,28-,29+/m1/s1. The first-order valence-corrected chi connectivity index (χ1v) is 13.7. The molecule has 0 aromatic carbocycles. The number of alkyl halides is 2. The van der Waals surface area contributed by atoms with Gasteiger partial charge in [0.05, 0.1) is 6.10 Å². The molecule has 0 aliphatic heterocycles. The van der Waals surface area contributed by atoms with Crippen molar-refractivity contribution < 1.29 is 19.0 Å². The lowest BCUT2D eigenvalue weighted by molar-refractivity contribution is -0.0962. The van der Waals surface area contributed by atoms with Gasteiger partial charge in [0.25, 0.3) is 6.43 Å². The van der Waals surface area contributed by atoms with Crippen LogP contribution in [0.4, 0.5) is 8.78 Å². The predicted molar refractivity (Wildman–Crippen MR) is 130 cm³/mol. The first-order chi connectivity index (χ1) is 15.3.